The monoisotopic (exact) mass is 334 g/mol. The molecule has 3 aromatic rings. The van der Waals surface area contributed by atoms with Crippen LogP contribution in [-0.4, -0.2) is 10.9 Å². The molecule has 0 fully saturated rings. The van der Waals surface area contributed by atoms with Crippen LogP contribution in [0.3, 0.4) is 0 Å². The summed E-state index contributed by atoms with van der Waals surface area (Å²) in [5.74, 6) is 0.776. The quantitative estimate of drug-likeness (QED) is 0.718. The van der Waals surface area contributed by atoms with Crippen molar-refractivity contribution in [3.63, 3.8) is 0 Å². The lowest BCUT2D eigenvalue weighted by Crippen LogP contribution is -2.17. The van der Waals surface area contributed by atoms with Crippen molar-refractivity contribution in [3.8, 4) is 11.5 Å². The van der Waals surface area contributed by atoms with Crippen molar-refractivity contribution >= 4 is 11.6 Å². The van der Waals surface area contributed by atoms with Gasteiger partial charge in [0.2, 0.25) is 11.8 Å². The second-order valence-electron chi connectivity index (χ2n) is 6.43. The summed E-state index contributed by atoms with van der Waals surface area (Å²) in [4.78, 5) is 16.9. The molecule has 1 aromatic heterocycles. The molecule has 1 amide bonds. The highest BCUT2D eigenvalue weighted by Gasteiger charge is 2.14. The molecule has 0 unspecified atom stereocenters. The average Bonchev–Trinajstić information content (AvgIpc) is 3.05. The third-order valence-electron chi connectivity index (χ3n) is 4.11. The molecule has 0 saturated carbocycles. The number of amides is 1. The molecule has 1 heterocycles. The Bertz CT molecular complexity index is 867. The molecule has 4 heteroatoms. The Balaban J connectivity index is 1.73. The molecule has 3 rings (SSSR count). The van der Waals surface area contributed by atoms with E-state index in [9.17, 15) is 4.79 Å². The summed E-state index contributed by atoms with van der Waals surface area (Å²) in [6.07, 6.45) is 1.73. The van der Waals surface area contributed by atoms with Gasteiger partial charge in [-0.25, -0.2) is 4.98 Å². The topological polar surface area (TPSA) is 55.1 Å². The van der Waals surface area contributed by atoms with Crippen LogP contribution >= 0.6 is 0 Å². The second-order valence-corrected chi connectivity index (χ2v) is 6.43. The van der Waals surface area contributed by atoms with Crippen LogP contribution in [0.15, 0.2) is 59.2 Å². The van der Waals surface area contributed by atoms with E-state index in [0.29, 0.717) is 17.5 Å². The van der Waals surface area contributed by atoms with Gasteiger partial charge in [-0.15, -0.1) is 0 Å². The van der Waals surface area contributed by atoms with E-state index in [-0.39, 0.29) is 12.3 Å². The fourth-order valence-corrected chi connectivity index (χ4v) is 2.79. The fraction of sp³-hybridized carbons (Fsp3) is 0.238. The number of rotatable bonds is 5. The molecule has 0 saturated heterocycles. The average molecular weight is 334 g/mol. The number of carbonyl (C=O) groups excluding carboxylic acids is 1. The summed E-state index contributed by atoms with van der Waals surface area (Å²) in [7, 11) is 0. The highest BCUT2D eigenvalue weighted by atomic mass is 16.3. The third-order valence-corrected chi connectivity index (χ3v) is 4.11. The summed E-state index contributed by atoms with van der Waals surface area (Å²) in [6, 6.07) is 15.7. The van der Waals surface area contributed by atoms with Gasteiger partial charge in [0.15, 0.2) is 0 Å². The van der Waals surface area contributed by atoms with Gasteiger partial charge in [-0.2, -0.15) is 0 Å². The predicted octanol–water partition coefficient (Wildman–Crippen LogP) is 4.95. The van der Waals surface area contributed by atoms with Crippen LogP contribution < -0.4 is 5.32 Å². The van der Waals surface area contributed by atoms with Crippen molar-refractivity contribution in [3.05, 3.63) is 71.6 Å². The zero-order valence-electron chi connectivity index (χ0n) is 14.7. The van der Waals surface area contributed by atoms with E-state index < -0.39 is 0 Å². The number of nitrogens with one attached hydrogen (secondary N) is 1. The lowest BCUT2D eigenvalue weighted by Gasteiger charge is -2.16. The molecule has 0 radical (unpaired) electrons. The summed E-state index contributed by atoms with van der Waals surface area (Å²) in [5, 5.41) is 3.04. The van der Waals surface area contributed by atoms with Gasteiger partial charge in [0.1, 0.15) is 6.26 Å². The molecule has 25 heavy (non-hydrogen) atoms. The number of anilines is 1. The maximum absolute atomic E-state index is 12.5. The SMILES string of the molecule is Cc1cccc(C(C)C)c1NC(=O)Cc1coc(-c2ccccc2)n1. The number of nitrogens with zero attached hydrogens (tertiary/aromatic N) is 1. The van der Waals surface area contributed by atoms with Gasteiger partial charge in [0, 0.05) is 11.3 Å². The first kappa shape index (κ1) is 17.0. The Morgan fingerprint density at radius 1 is 1.12 bits per heavy atom. The molecule has 0 aliphatic carbocycles. The summed E-state index contributed by atoms with van der Waals surface area (Å²) in [5.41, 5.74) is 4.61. The Labute approximate surface area is 147 Å². The smallest absolute Gasteiger partial charge is 0.230 e. The van der Waals surface area contributed by atoms with Gasteiger partial charge >= 0.3 is 0 Å². The highest BCUT2D eigenvalue weighted by Crippen LogP contribution is 2.27. The normalized spacial score (nSPS) is 10.9. The molecule has 0 aliphatic rings. The Morgan fingerprint density at radius 3 is 2.60 bits per heavy atom. The van der Waals surface area contributed by atoms with Crippen LogP contribution in [0.5, 0.6) is 0 Å². The first-order valence-electron chi connectivity index (χ1n) is 8.44. The molecule has 0 aliphatic heterocycles. The van der Waals surface area contributed by atoms with E-state index in [2.05, 4.69) is 30.2 Å². The first-order chi connectivity index (χ1) is 12.0. The summed E-state index contributed by atoms with van der Waals surface area (Å²) < 4.78 is 5.50. The van der Waals surface area contributed by atoms with Crippen molar-refractivity contribution in [2.75, 3.05) is 5.32 Å². The van der Waals surface area contributed by atoms with Gasteiger partial charge in [-0.3, -0.25) is 4.79 Å². The number of carbonyl (C=O) groups is 1. The van der Waals surface area contributed by atoms with E-state index in [4.69, 9.17) is 4.42 Å². The maximum atomic E-state index is 12.5. The van der Waals surface area contributed by atoms with Crippen LogP contribution in [0.2, 0.25) is 0 Å². The first-order valence-corrected chi connectivity index (χ1v) is 8.44. The Kier molecular flexibility index (Phi) is 4.98. The van der Waals surface area contributed by atoms with Crippen molar-refractivity contribution in [2.24, 2.45) is 0 Å². The van der Waals surface area contributed by atoms with E-state index in [1.807, 2.05) is 49.4 Å². The number of hydrogen-bond acceptors (Lipinski definition) is 3. The molecule has 0 spiro atoms. The molecule has 0 bridgehead atoms. The molecular formula is C21H22N2O2. The van der Waals surface area contributed by atoms with Crippen LogP contribution in [-0.2, 0) is 11.2 Å². The van der Waals surface area contributed by atoms with Gasteiger partial charge < -0.3 is 9.73 Å². The third kappa shape index (κ3) is 3.97. The number of hydrogen-bond donors (Lipinski definition) is 1. The van der Waals surface area contributed by atoms with Gasteiger partial charge in [0.25, 0.3) is 0 Å². The molecule has 1 N–H and O–H groups in total. The van der Waals surface area contributed by atoms with Gasteiger partial charge in [0.05, 0.1) is 12.1 Å². The minimum Gasteiger partial charge on any atom is -0.444 e. The number of aromatic nitrogens is 1. The maximum Gasteiger partial charge on any atom is 0.230 e. The highest BCUT2D eigenvalue weighted by molar-refractivity contribution is 5.93. The van der Waals surface area contributed by atoms with E-state index in [1.54, 1.807) is 6.26 Å². The van der Waals surface area contributed by atoms with E-state index in [1.165, 1.54) is 0 Å². The minimum absolute atomic E-state index is 0.0934. The molecule has 2 aromatic carbocycles. The number of oxazole rings is 1. The molecule has 128 valence electrons. The van der Waals surface area contributed by atoms with Crippen LogP contribution in [0, 0.1) is 6.92 Å². The van der Waals surface area contributed by atoms with Crippen molar-refractivity contribution in [1.82, 2.24) is 4.98 Å². The van der Waals surface area contributed by atoms with Crippen LogP contribution in [0.1, 0.15) is 36.6 Å². The van der Waals surface area contributed by atoms with Crippen molar-refractivity contribution < 1.29 is 9.21 Å². The number of para-hydroxylation sites is 1. The van der Waals surface area contributed by atoms with Crippen molar-refractivity contribution in [1.29, 1.82) is 0 Å². The molecule has 4 nitrogen and oxygen atoms in total. The largest absolute Gasteiger partial charge is 0.444 e. The zero-order chi connectivity index (χ0) is 17.8. The van der Waals surface area contributed by atoms with Gasteiger partial charge in [-0.1, -0.05) is 50.2 Å². The van der Waals surface area contributed by atoms with E-state index in [0.717, 1.165) is 22.4 Å². The summed E-state index contributed by atoms with van der Waals surface area (Å²) >= 11 is 0. The summed E-state index contributed by atoms with van der Waals surface area (Å²) in [6.45, 7) is 6.24. The van der Waals surface area contributed by atoms with Crippen molar-refractivity contribution in [2.45, 2.75) is 33.1 Å². The number of benzene rings is 2. The van der Waals surface area contributed by atoms with Crippen LogP contribution in [0.4, 0.5) is 5.69 Å². The van der Waals surface area contributed by atoms with Gasteiger partial charge in [-0.05, 0) is 36.1 Å². The second kappa shape index (κ2) is 7.34. The van der Waals surface area contributed by atoms with E-state index >= 15 is 0 Å². The minimum atomic E-state index is -0.0934. The Morgan fingerprint density at radius 2 is 1.88 bits per heavy atom. The lowest BCUT2D eigenvalue weighted by atomic mass is 9.98. The number of aryl methyl sites for hydroxylation is 1. The zero-order valence-corrected chi connectivity index (χ0v) is 14.7. The fourth-order valence-electron chi connectivity index (χ4n) is 2.79. The van der Waals surface area contributed by atoms with Crippen LogP contribution in [0.25, 0.3) is 11.5 Å². The predicted molar refractivity (Wildman–Crippen MR) is 99.5 cm³/mol. The molecular weight excluding hydrogens is 312 g/mol. The Hall–Kier alpha value is -2.88. The lowest BCUT2D eigenvalue weighted by molar-refractivity contribution is -0.115. The standard InChI is InChI=1S/C21H22N2O2/c1-14(2)18-11-7-8-15(3)20(18)23-19(24)12-17-13-25-21(22-17)16-9-5-4-6-10-16/h4-11,13-14H,12H2,1-3H3,(H,23,24). The molecule has 0 atom stereocenters.